The van der Waals surface area contributed by atoms with Crippen molar-refractivity contribution in [3.8, 4) is 0 Å². The molecule has 0 aromatic heterocycles. The van der Waals surface area contributed by atoms with E-state index in [1.54, 1.807) is 4.31 Å². The summed E-state index contributed by atoms with van der Waals surface area (Å²) in [7, 11) is -3.03. The Morgan fingerprint density at radius 1 is 1.31 bits per heavy atom. The van der Waals surface area contributed by atoms with Gasteiger partial charge in [-0.2, -0.15) is 0 Å². The Kier molecular flexibility index (Phi) is 3.84. The Labute approximate surface area is 97.2 Å². The van der Waals surface area contributed by atoms with Crippen LogP contribution in [0.1, 0.15) is 19.3 Å². The van der Waals surface area contributed by atoms with Crippen molar-refractivity contribution >= 4 is 10.0 Å². The summed E-state index contributed by atoms with van der Waals surface area (Å²) in [5, 5.41) is 3.49. The van der Waals surface area contributed by atoms with E-state index >= 15 is 0 Å². The van der Waals surface area contributed by atoms with Crippen LogP contribution in [0.3, 0.4) is 0 Å². The van der Waals surface area contributed by atoms with Gasteiger partial charge in [0.15, 0.2) is 0 Å². The molecule has 2 atom stereocenters. The minimum Gasteiger partial charge on any atom is -0.380 e. The highest BCUT2D eigenvalue weighted by Gasteiger charge is 2.28. The predicted octanol–water partition coefficient (Wildman–Crippen LogP) is -0.211. The van der Waals surface area contributed by atoms with Gasteiger partial charge in [0.25, 0.3) is 0 Å². The standard InChI is InChI=1S/C10H20N2O3S/c1-16(13,14)12-5-2-3-9(7-12)11-10-4-6-15-8-10/h9-11H,2-8H2,1H3. The molecule has 94 valence electrons. The second kappa shape index (κ2) is 5.00. The molecular formula is C10H20N2O3S. The lowest BCUT2D eigenvalue weighted by molar-refractivity contribution is 0.183. The molecule has 2 saturated heterocycles. The molecule has 2 heterocycles. The smallest absolute Gasteiger partial charge is 0.211 e. The Hall–Kier alpha value is -0.170. The zero-order valence-corrected chi connectivity index (χ0v) is 10.5. The van der Waals surface area contributed by atoms with Gasteiger partial charge in [0.2, 0.25) is 10.0 Å². The van der Waals surface area contributed by atoms with Crippen molar-refractivity contribution in [2.24, 2.45) is 0 Å². The number of hydrogen-bond acceptors (Lipinski definition) is 4. The monoisotopic (exact) mass is 248 g/mol. The second-order valence-electron chi connectivity index (χ2n) is 4.69. The molecule has 0 amide bonds. The normalized spacial score (nSPS) is 33.1. The first kappa shape index (κ1) is 12.3. The average Bonchev–Trinajstić information content (AvgIpc) is 2.70. The Morgan fingerprint density at radius 2 is 2.12 bits per heavy atom. The predicted molar refractivity (Wildman–Crippen MR) is 61.8 cm³/mol. The van der Waals surface area contributed by atoms with E-state index in [0.29, 0.717) is 19.1 Å². The van der Waals surface area contributed by atoms with Crippen LogP contribution < -0.4 is 5.32 Å². The van der Waals surface area contributed by atoms with E-state index in [-0.39, 0.29) is 6.04 Å². The molecule has 0 aromatic carbocycles. The van der Waals surface area contributed by atoms with E-state index in [1.165, 1.54) is 6.26 Å². The third kappa shape index (κ3) is 3.16. The molecule has 0 bridgehead atoms. The molecule has 2 rings (SSSR count). The molecule has 0 spiro atoms. The van der Waals surface area contributed by atoms with Crippen molar-refractivity contribution in [1.82, 2.24) is 9.62 Å². The zero-order valence-electron chi connectivity index (χ0n) is 9.68. The molecule has 16 heavy (non-hydrogen) atoms. The Morgan fingerprint density at radius 3 is 2.75 bits per heavy atom. The van der Waals surface area contributed by atoms with Gasteiger partial charge in [-0.25, -0.2) is 12.7 Å². The summed E-state index contributed by atoms with van der Waals surface area (Å²) in [5.74, 6) is 0. The summed E-state index contributed by atoms with van der Waals surface area (Å²) in [6.07, 6.45) is 4.32. The average molecular weight is 248 g/mol. The van der Waals surface area contributed by atoms with Crippen LogP contribution in [0.15, 0.2) is 0 Å². The Balaban J connectivity index is 1.86. The molecular weight excluding hydrogens is 228 g/mol. The Bertz CT molecular complexity index is 325. The van der Waals surface area contributed by atoms with Crippen LogP contribution in [0, 0.1) is 0 Å². The first-order chi connectivity index (χ1) is 7.55. The van der Waals surface area contributed by atoms with Gasteiger partial charge in [-0.15, -0.1) is 0 Å². The van der Waals surface area contributed by atoms with Crippen LogP contribution in [0.5, 0.6) is 0 Å². The van der Waals surface area contributed by atoms with E-state index in [4.69, 9.17) is 4.74 Å². The van der Waals surface area contributed by atoms with Crippen molar-refractivity contribution in [2.45, 2.75) is 31.3 Å². The molecule has 2 unspecified atom stereocenters. The summed E-state index contributed by atoms with van der Waals surface area (Å²) in [4.78, 5) is 0. The molecule has 0 saturated carbocycles. The van der Waals surface area contributed by atoms with Gasteiger partial charge >= 0.3 is 0 Å². The zero-order chi connectivity index (χ0) is 11.6. The topological polar surface area (TPSA) is 58.6 Å². The molecule has 1 N–H and O–H groups in total. The van der Waals surface area contributed by atoms with Crippen LogP contribution in [-0.2, 0) is 14.8 Å². The van der Waals surface area contributed by atoms with Gasteiger partial charge in [0.05, 0.1) is 12.9 Å². The maximum atomic E-state index is 11.4. The highest BCUT2D eigenvalue weighted by atomic mass is 32.2. The number of sulfonamides is 1. The fourth-order valence-electron chi connectivity index (χ4n) is 2.38. The molecule has 6 heteroatoms. The minimum absolute atomic E-state index is 0.287. The minimum atomic E-state index is -3.03. The molecule has 2 aliphatic heterocycles. The lowest BCUT2D eigenvalue weighted by Crippen LogP contribution is -2.50. The second-order valence-corrected chi connectivity index (χ2v) is 6.67. The lowest BCUT2D eigenvalue weighted by Gasteiger charge is -2.32. The van der Waals surface area contributed by atoms with Crippen molar-refractivity contribution in [3.63, 3.8) is 0 Å². The van der Waals surface area contributed by atoms with E-state index in [0.717, 1.165) is 32.5 Å². The number of nitrogens with one attached hydrogen (secondary N) is 1. The van der Waals surface area contributed by atoms with Crippen LogP contribution in [0.4, 0.5) is 0 Å². The molecule has 0 aromatic rings. The van der Waals surface area contributed by atoms with E-state index in [9.17, 15) is 8.42 Å². The van der Waals surface area contributed by atoms with Gasteiger partial charge in [0, 0.05) is 31.8 Å². The first-order valence-electron chi connectivity index (χ1n) is 5.84. The summed E-state index contributed by atoms with van der Waals surface area (Å²) in [6.45, 7) is 2.85. The van der Waals surface area contributed by atoms with Crippen molar-refractivity contribution in [2.75, 3.05) is 32.6 Å². The molecule has 2 fully saturated rings. The van der Waals surface area contributed by atoms with Gasteiger partial charge in [-0.05, 0) is 19.3 Å². The molecule has 0 radical (unpaired) electrons. The number of rotatable bonds is 3. The quantitative estimate of drug-likeness (QED) is 0.751. The van der Waals surface area contributed by atoms with Crippen molar-refractivity contribution in [3.05, 3.63) is 0 Å². The van der Waals surface area contributed by atoms with Crippen LogP contribution >= 0.6 is 0 Å². The van der Waals surface area contributed by atoms with Gasteiger partial charge in [-0.3, -0.25) is 0 Å². The largest absolute Gasteiger partial charge is 0.380 e. The maximum Gasteiger partial charge on any atom is 0.211 e. The molecule has 5 nitrogen and oxygen atoms in total. The summed E-state index contributed by atoms with van der Waals surface area (Å²) >= 11 is 0. The fraction of sp³-hybridized carbons (Fsp3) is 1.00. The summed E-state index contributed by atoms with van der Waals surface area (Å²) in [6, 6.07) is 0.694. The van der Waals surface area contributed by atoms with Crippen LogP contribution in [0.2, 0.25) is 0 Å². The molecule has 2 aliphatic rings. The van der Waals surface area contributed by atoms with Gasteiger partial charge in [0.1, 0.15) is 0 Å². The van der Waals surface area contributed by atoms with E-state index in [2.05, 4.69) is 5.32 Å². The number of hydrogen-bond donors (Lipinski definition) is 1. The summed E-state index contributed by atoms with van der Waals surface area (Å²) in [5.41, 5.74) is 0. The number of ether oxygens (including phenoxy) is 1. The highest BCUT2D eigenvalue weighted by molar-refractivity contribution is 7.88. The van der Waals surface area contributed by atoms with Crippen LogP contribution in [-0.4, -0.2) is 57.4 Å². The third-order valence-electron chi connectivity index (χ3n) is 3.25. The first-order valence-corrected chi connectivity index (χ1v) is 7.69. The summed E-state index contributed by atoms with van der Waals surface area (Å²) < 4.78 is 29.8. The number of piperidine rings is 1. The van der Waals surface area contributed by atoms with E-state index in [1.807, 2.05) is 0 Å². The van der Waals surface area contributed by atoms with Crippen LogP contribution in [0.25, 0.3) is 0 Å². The number of nitrogens with zero attached hydrogens (tertiary/aromatic N) is 1. The SMILES string of the molecule is CS(=O)(=O)N1CCCC(NC2CCOC2)C1. The fourth-order valence-corrected chi connectivity index (χ4v) is 3.29. The van der Waals surface area contributed by atoms with Crippen molar-refractivity contribution < 1.29 is 13.2 Å². The lowest BCUT2D eigenvalue weighted by atomic mass is 10.1. The highest BCUT2D eigenvalue weighted by Crippen LogP contribution is 2.15. The van der Waals surface area contributed by atoms with Gasteiger partial charge < -0.3 is 10.1 Å². The molecule has 0 aliphatic carbocycles. The van der Waals surface area contributed by atoms with Crippen molar-refractivity contribution in [1.29, 1.82) is 0 Å². The van der Waals surface area contributed by atoms with Gasteiger partial charge in [-0.1, -0.05) is 0 Å². The third-order valence-corrected chi connectivity index (χ3v) is 4.52. The maximum absolute atomic E-state index is 11.4. The van der Waals surface area contributed by atoms with E-state index < -0.39 is 10.0 Å².